The molecule has 1 aliphatic heterocycles. The standard InChI is InChI=1S/C24H29N5O4S/c1-24(2,3)33-22(30)25-18-11-12-28(23(31)32-16-17-8-5-4-6-9-17)15-20(18)29-14-19(26-27-29)21-10-7-13-34-21/h4-10,13-14,18,20H,11-12,15-16H2,1-3H3,(H,25,30)/t18-,20-/m1/s1. The number of ether oxygens (including phenoxy) is 2. The Kier molecular flexibility index (Phi) is 7.16. The van der Waals surface area contributed by atoms with Gasteiger partial charge in [-0.15, -0.1) is 16.4 Å². The molecule has 1 saturated heterocycles. The van der Waals surface area contributed by atoms with Crippen molar-refractivity contribution in [1.29, 1.82) is 0 Å². The summed E-state index contributed by atoms with van der Waals surface area (Å²) in [7, 11) is 0. The second-order valence-electron chi connectivity index (χ2n) is 9.16. The first-order valence-corrected chi connectivity index (χ1v) is 12.1. The minimum atomic E-state index is -0.610. The summed E-state index contributed by atoms with van der Waals surface area (Å²) in [4.78, 5) is 27.9. The normalized spacial score (nSPS) is 18.4. The van der Waals surface area contributed by atoms with Crippen molar-refractivity contribution in [3.8, 4) is 10.6 Å². The van der Waals surface area contributed by atoms with Crippen LogP contribution in [0.3, 0.4) is 0 Å². The van der Waals surface area contributed by atoms with Crippen LogP contribution in [0.1, 0.15) is 38.8 Å². The summed E-state index contributed by atoms with van der Waals surface area (Å²) in [5, 5.41) is 13.6. The van der Waals surface area contributed by atoms with Crippen molar-refractivity contribution in [2.75, 3.05) is 13.1 Å². The van der Waals surface area contributed by atoms with Gasteiger partial charge in [0.15, 0.2) is 0 Å². The minimum absolute atomic E-state index is 0.201. The molecule has 1 fully saturated rings. The molecule has 1 aliphatic rings. The number of alkyl carbamates (subject to hydrolysis) is 1. The van der Waals surface area contributed by atoms with Gasteiger partial charge in [0.05, 0.1) is 23.2 Å². The van der Waals surface area contributed by atoms with Gasteiger partial charge in [-0.05, 0) is 44.2 Å². The maximum absolute atomic E-state index is 12.8. The molecule has 0 aliphatic carbocycles. The number of rotatable bonds is 5. The van der Waals surface area contributed by atoms with Gasteiger partial charge in [-0.2, -0.15) is 0 Å². The molecule has 0 radical (unpaired) electrons. The van der Waals surface area contributed by atoms with Crippen LogP contribution in [-0.2, 0) is 16.1 Å². The molecule has 0 unspecified atom stereocenters. The third kappa shape index (κ3) is 6.13. The van der Waals surface area contributed by atoms with Crippen molar-refractivity contribution in [2.45, 2.75) is 51.5 Å². The lowest BCUT2D eigenvalue weighted by atomic mass is 9.99. The molecule has 0 spiro atoms. The van der Waals surface area contributed by atoms with Crippen LogP contribution in [0.4, 0.5) is 9.59 Å². The van der Waals surface area contributed by atoms with Gasteiger partial charge in [0.1, 0.15) is 17.9 Å². The summed E-state index contributed by atoms with van der Waals surface area (Å²) in [5.74, 6) is 0. The third-order valence-electron chi connectivity index (χ3n) is 5.37. The van der Waals surface area contributed by atoms with Crippen LogP contribution in [0.25, 0.3) is 10.6 Å². The zero-order chi connectivity index (χ0) is 24.1. The summed E-state index contributed by atoms with van der Waals surface area (Å²) >= 11 is 1.57. The van der Waals surface area contributed by atoms with E-state index in [0.29, 0.717) is 19.5 Å². The van der Waals surface area contributed by atoms with Gasteiger partial charge in [0, 0.05) is 13.1 Å². The SMILES string of the molecule is CC(C)(C)OC(=O)N[C@@H]1CCN(C(=O)OCc2ccccc2)C[C@H]1n1cc(-c2cccs2)nn1. The molecule has 1 aromatic carbocycles. The van der Waals surface area contributed by atoms with Gasteiger partial charge in [0.2, 0.25) is 0 Å². The highest BCUT2D eigenvalue weighted by Gasteiger charge is 2.36. The van der Waals surface area contributed by atoms with Gasteiger partial charge >= 0.3 is 12.2 Å². The first-order valence-electron chi connectivity index (χ1n) is 11.2. The predicted octanol–water partition coefficient (Wildman–Crippen LogP) is 4.48. The van der Waals surface area contributed by atoms with Crippen LogP contribution in [0.15, 0.2) is 54.0 Å². The van der Waals surface area contributed by atoms with Crippen molar-refractivity contribution < 1.29 is 19.1 Å². The third-order valence-corrected chi connectivity index (χ3v) is 6.26. The maximum Gasteiger partial charge on any atom is 0.410 e. The molecule has 3 aromatic rings. The quantitative estimate of drug-likeness (QED) is 0.574. The monoisotopic (exact) mass is 483 g/mol. The van der Waals surface area contributed by atoms with Gasteiger partial charge in [-0.1, -0.05) is 41.6 Å². The highest BCUT2D eigenvalue weighted by molar-refractivity contribution is 7.13. The van der Waals surface area contributed by atoms with E-state index in [4.69, 9.17) is 9.47 Å². The van der Waals surface area contributed by atoms with E-state index < -0.39 is 17.8 Å². The number of carbonyl (C=O) groups is 2. The topological polar surface area (TPSA) is 98.6 Å². The van der Waals surface area contributed by atoms with Crippen LogP contribution in [0.5, 0.6) is 0 Å². The molecular weight excluding hydrogens is 454 g/mol. The van der Waals surface area contributed by atoms with Crippen LogP contribution < -0.4 is 5.32 Å². The Balaban J connectivity index is 1.48. The maximum atomic E-state index is 12.8. The average Bonchev–Trinajstić information content (AvgIpc) is 3.49. The lowest BCUT2D eigenvalue weighted by Crippen LogP contribution is -2.53. The molecule has 2 amide bonds. The van der Waals surface area contributed by atoms with Crippen LogP contribution in [0.2, 0.25) is 0 Å². The minimum Gasteiger partial charge on any atom is -0.445 e. The highest BCUT2D eigenvalue weighted by Crippen LogP contribution is 2.27. The van der Waals surface area contributed by atoms with Crippen molar-refractivity contribution in [3.05, 3.63) is 59.6 Å². The number of hydrogen-bond acceptors (Lipinski definition) is 7. The molecule has 9 nitrogen and oxygen atoms in total. The van der Waals surface area contributed by atoms with Crippen molar-refractivity contribution in [3.63, 3.8) is 0 Å². The molecule has 1 N–H and O–H groups in total. The number of carbonyl (C=O) groups excluding carboxylic acids is 2. The number of piperidine rings is 1. The van der Waals surface area contributed by atoms with Crippen molar-refractivity contribution in [2.24, 2.45) is 0 Å². The summed E-state index contributed by atoms with van der Waals surface area (Å²) < 4.78 is 12.7. The summed E-state index contributed by atoms with van der Waals surface area (Å²) in [6, 6.07) is 12.9. The van der Waals surface area contributed by atoms with Gasteiger partial charge in [0.25, 0.3) is 0 Å². The van der Waals surface area contributed by atoms with Crippen LogP contribution in [0, 0.1) is 0 Å². The van der Waals surface area contributed by atoms with E-state index in [1.54, 1.807) is 20.9 Å². The van der Waals surface area contributed by atoms with E-state index in [-0.39, 0.29) is 18.7 Å². The molecule has 3 heterocycles. The van der Waals surface area contributed by atoms with Crippen LogP contribution in [-0.4, -0.2) is 56.8 Å². The predicted molar refractivity (Wildman–Crippen MR) is 128 cm³/mol. The first kappa shape index (κ1) is 23.7. The Hall–Kier alpha value is -3.40. The number of amides is 2. The molecule has 0 bridgehead atoms. The van der Waals surface area contributed by atoms with E-state index in [0.717, 1.165) is 16.1 Å². The molecule has 2 aromatic heterocycles. The smallest absolute Gasteiger partial charge is 0.410 e. The largest absolute Gasteiger partial charge is 0.445 e. The van der Waals surface area contributed by atoms with Gasteiger partial charge < -0.3 is 19.7 Å². The number of benzene rings is 1. The van der Waals surface area contributed by atoms with Gasteiger partial charge in [-0.25, -0.2) is 14.3 Å². The number of thiophene rings is 1. The Morgan fingerprint density at radius 2 is 1.97 bits per heavy atom. The molecule has 10 heteroatoms. The Bertz CT molecular complexity index is 1090. The molecule has 0 saturated carbocycles. The fourth-order valence-electron chi connectivity index (χ4n) is 3.78. The summed E-state index contributed by atoms with van der Waals surface area (Å²) in [6.45, 7) is 6.42. The average molecular weight is 484 g/mol. The lowest BCUT2D eigenvalue weighted by molar-refractivity contribution is 0.0411. The fourth-order valence-corrected chi connectivity index (χ4v) is 4.45. The first-order chi connectivity index (χ1) is 16.3. The summed E-state index contributed by atoms with van der Waals surface area (Å²) in [6.07, 6.45) is 1.47. The van der Waals surface area contributed by atoms with E-state index in [9.17, 15) is 9.59 Å². The molecule has 2 atom stereocenters. The van der Waals surface area contributed by atoms with E-state index in [1.165, 1.54) is 0 Å². The Morgan fingerprint density at radius 3 is 2.68 bits per heavy atom. The van der Waals surface area contributed by atoms with E-state index in [2.05, 4.69) is 15.6 Å². The molecule has 180 valence electrons. The molecule has 34 heavy (non-hydrogen) atoms. The van der Waals surface area contributed by atoms with Crippen molar-refractivity contribution in [1.82, 2.24) is 25.2 Å². The second-order valence-corrected chi connectivity index (χ2v) is 10.1. The Morgan fingerprint density at radius 1 is 1.18 bits per heavy atom. The number of aromatic nitrogens is 3. The fraction of sp³-hybridized carbons (Fsp3) is 0.417. The zero-order valence-electron chi connectivity index (χ0n) is 19.5. The molecular formula is C24H29N5O4S. The summed E-state index contributed by atoms with van der Waals surface area (Å²) in [5.41, 5.74) is 1.06. The second kappa shape index (κ2) is 10.3. The Labute approximate surface area is 202 Å². The van der Waals surface area contributed by atoms with Crippen molar-refractivity contribution >= 4 is 23.5 Å². The van der Waals surface area contributed by atoms with E-state index >= 15 is 0 Å². The lowest BCUT2D eigenvalue weighted by Gasteiger charge is -2.38. The van der Waals surface area contributed by atoms with Crippen LogP contribution >= 0.6 is 11.3 Å². The highest BCUT2D eigenvalue weighted by atomic mass is 32.1. The van der Waals surface area contributed by atoms with Gasteiger partial charge in [-0.3, -0.25) is 0 Å². The number of nitrogens with one attached hydrogen (secondary N) is 1. The number of hydrogen-bond donors (Lipinski definition) is 1. The number of likely N-dealkylation sites (tertiary alicyclic amines) is 1. The van der Waals surface area contributed by atoms with E-state index in [1.807, 2.05) is 74.8 Å². The molecule has 4 rings (SSSR count). The number of nitrogens with zero attached hydrogens (tertiary/aromatic N) is 4. The zero-order valence-corrected chi connectivity index (χ0v) is 20.3.